The lowest BCUT2D eigenvalue weighted by molar-refractivity contribution is 0.495. The Kier molecular flexibility index (Phi) is 3.64. The molecule has 0 radical (unpaired) electrons. The van der Waals surface area contributed by atoms with Gasteiger partial charge in [-0.2, -0.15) is 0 Å². The quantitative estimate of drug-likeness (QED) is 0.788. The highest BCUT2D eigenvalue weighted by Gasteiger charge is 2.13. The molecule has 2 N–H and O–H groups in total. The third kappa shape index (κ3) is 2.32. The van der Waals surface area contributed by atoms with Gasteiger partial charge in [0.15, 0.2) is 0 Å². The molecule has 0 aliphatic heterocycles. The molecule has 0 aromatic heterocycles. The van der Waals surface area contributed by atoms with Crippen LogP contribution in [0.15, 0.2) is 18.2 Å². The standard InChI is InChI=1S/C12H18FN/c1-8-4-5-11(6-12(8)13)10(3)9(2)7-14/h4-6,9-10H,7,14H2,1-3H3. The van der Waals surface area contributed by atoms with Crippen LogP contribution in [0.3, 0.4) is 0 Å². The van der Waals surface area contributed by atoms with Gasteiger partial charge >= 0.3 is 0 Å². The van der Waals surface area contributed by atoms with Crippen molar-refractivity contribution >= 4 is 0 Å². The SMILES string of the molecule is Cc1ccc(C(C)C(C)CN)cc1F. The van der Waals surface area contributed by atoms with Crippen molar-refractivity contribution < 1.29 is 4.39 Å². The zero-order valence-electron chi connectivity index (χ0n) is 9.05. The number of rotatable bonds is 3. The van der Waals surface area contributed by atoms with Crippen molar-refractivity contribution in [2.75, 3.05) is 6.54 Å². The monoisotopic (exact) mass is 195 g/mol. The van der Waals surface area contributed by atoms with Crippen molar-refractivity contribution in [2.45, 2.75) is 26.7 Å². The highest BCUT2D eigenvalue weighted by Crippen LogP contribution is 2.24. The molecule has 2 unspecified atom stereocenters. The van der Waals surface area contributed by atoms with Crippen molar-refractivity contribution in [2.24, 2.45) is 11.7 Å². The lowest BCUT2D eigenvalue weighted by atomic mass is 9.88. The second kappa shape index (κ2) is 4.56. The predicted octanol–water partition coefficient (Wildman–Crippen LogP) is 2.83. The van der Waals surface area contributed by atoms with E-state index in [2.05, 4.69) is 13.8 Å². The Morgan fingerprint density at radius 3 is 2.50 bits per heavy atom. The minimum atomic E-state index is -0.126. The Bertz CT molecular complexity index is 309. The van der Waals surface area contributed by atoms with Gasteiger partial charge in [-0.1, -0.05) is 26.0 Å². The largest absolute Gasteiger partial charge is 0.330 e. The highest BCUT2D eigenvalue weighted by atomic mass is 19.1. The summed E-state index contributed by atoms with van der Waals surface area (Å²) in [7, 11) is 0. The van der Waals surface area contributed by atoms with E-state index in [1.165, 1.54) is 0 Å². The molecule has 0 amide bonds. The van der Waals surface area contributed by atoms with E-state index in [1.807, 2.05) is 12.1 Å². The molecular formula is C12H18FN. The molecule has 0 spiro atoms. The summed E-state index contributed by atoms with van der Waals surface area (Å²) in [4.78, 5) is 0. The number of halogens is 1. The molecule has 1 rings (SSSR count). The van der Waals surface area contributed by atoms with E-state index >= 15 is 0 Å². The molecule has 0 bridgehead atoms. The van der Waals surface area contributed by atoms with Gasteiger partial charge in [0.05, 0.1) is 0 Å². The molecule has 1 aromatic rings. The van der Waals surface area contributed by atoms with E-state index < -0.39 is 0 Å². The van der Waals surface area contributed by atoms with Crippen LogP contribution < -0.4 is 5.73 Å². The summed E-state index contributed by atoms with van der Waals surface area (Å²) in [6, 6.07) is 5.42. The zero-order valence-corrected chi connectivity index (χ0v) is 9.05. The first-order valence-electron chi connectivity index (χ1n) is 5.02. The summed E-state index contributed by atoms with van der Waals surface area (Å²) in [5, 5.41) is 0. The number of benzene rings is 1. The van der Waals surface area contributed by atoms with E-state index in [0.29, 0.717) is 23.9 Å². The zero-order chi connectivity index (χ0) is 10.7. The molecule has 1 aromatic carbocycles. The van der Waals surface area contributed by atoms with E-state index in [4.69, 9.17) is 5.73 Å². The summed E-state index contributed by atoms with van der Waals surface area (Å²) >= 11 is 0. The smallest absolute Gasteiger partial charge is 0.126 e. The van der Waals surface area contributed by atoms with Crippen LogP contribution in [0.1, 0.15) is 30.9 Å². The third-order valence-electron chi connectivity index (χ3n) is 2.95. The molecule has 78 valence electrons. The number of nitrogens with two attached hydrogens (primary N) is 1. The summed E-state index contributed by atoms with van der Waals surface area (Å²) in [6.07, 6.45) is 0. The van der Waals surface area contributed by atoms with Crippen molar-refractivity contribution in [3.05, 3.63) is 35.1 Å². The summed E-state index contributed by atoms with van der Waals surface area (Å²) in [5.41, 5.74) is 7.31. The van der Waals surface area contributed by atoms with Crippen molar-refractivity contribution in [1.82, 2.24) is 0 Å². The van der Waals surface area contributed by atoms with Crippen molar-refractivity contribution in [3.63, 3.8) is 0 Å². The molecule has 0 saturated heterocycles. The van der Waals surface area contributed by atoms with Gasteiger partial charge in [-0.05, 0) is 42.5 Å². The molecule has 2 heteroatoms. The van der Waals surface area contributed by atoms with Gasteiger partial charge in [-0.3, -0.25) is 0 Å². The van der Waals surface area contributed by atoms with E-state index in [1.54, 1.807) is 13.0 Å². The van der Waals surface area contributed by atoms with Crippen molar-refractivity contribution in [3.8, 4) is 0 Å². The molecule has 14 heavy (non-hydrogen) atoms. The Morgan fingerprint density at radius 2 is 2.00 bits per heavy atom. The minimum absolute atomic E-state index is 0.126. The van der Waals surface area contributed by atoms with Gasteiger partial charge in [0.2, 0.25) is 0 Å². The molecule has 0 aliphatic carbocycles. The Hall–Kier alpha value is -0.890. The molecule has 1 nitrogen and oxygen atoms in total. The maximum atomic E-state index is 13.3. The van der Waals surface area contributed by atoms with Gasteiger partial charge in [0, 0.05) is 0 Å². The minimum Gasteiger partial charge on any atom is -0.330 e. The topological polar surface area (TPSA) is 26.0 Å². The molecular weight excluding hydrogens is 177 g/mol. The van der Waals surface area contributed by atoms with E-state index in [0.717, 1.165) is 5.56 Å². The summed E-state index contributed by atoms with van der Waals surface area (Å²) in [5.74, 6) is 0.575. The fraction of sp³-hybridized carbons (Fsp3) is 0.500. The number of aryl methyl sites for hydroxylation is 1. The van der Waals surface area contributed by atoms with Gasteiger partial charge in [0.1, 0.15) is 5.82 Å². The lowest BCUT2D eigenvalue weighted by Gasteiger charge is -2.18. The average molecular weight is 195 g/mol. The number of hydrogen-bond donors (Lipinski definition) is 1. The van der Waals surface area contributed by atoms with Gasteiger partial charge in [-0.15, -0.1) is 0 Å². The first-order chi connectivity index (χ1) is 6.56. The summed E-state index contributed by atoms with van der Waals surface area (Å²) < 4.78 is 13.3. The van der Waals surface area contributed by atoms with Gasteiger partial charge in [-0.25, -0.2) is 4.39 Å². The fourth-order valence-corrected chi connectivity index (χ4v) is 1.42. The Balaban J connectivity index is 2.91. The second-order valence-corrected chi connectivity index (χ2v) is 4.01. The molecule has 0 aliphatic rings. The van der Waals surface area contributed by atoms with Crippen LogP contribution in [-0.2, 0) is 0 Å². The maximum Gasteiger partial charge on any atom is 0.126 e. The number of hydrogen-bond acceptors (Lipinski definition) is 1. The molecule has 0 fully saturated rings. The normalized spacial score (nSPS) is 15.2. The predicted molar refractivity (Wildman–Crippen MR) is 57.8 cm³/mol. The van der Waals surface area contributed by atoms with Gasteiger partial charge < -0.3 is 5.73 Å². The first-order valence-corrected chi connectivity index (χ1v) is 5.02. The van der Waals surface area contributed by atoms with Crippen molar-refractivity contribution in [1.29, 1.82) is 0 Å². The van der Waals surface area contributed by atoms with Crippen LogP contribution in [0, 0.1) is 18.7 Å². The second-order valence-electron chi connectivity index (χ2n) is 4.01. The van der Waals surface area contributed by atoms with Crippen LogP contribution in [0.5, 0.6) is 0 Å². The first kappa shape index (κ1) is 11.2. The Morgan fingerprint density at radius 1 is 1.36 bits per heavy atom. The highest BCUT2D eigenvalue weighted by molar-refractivity contribution is 5.26. The van der Waals surface area contributed by atoms with Crippen LogP contribution in [0.4, 0.5) is 4.39 Å². The average Bonchev–Trinajstić information content (AvgIpc) is 2.20. The summed E-state index contributed by atoms with van der Waals surface area (Å²) in [6.45, 7) is 6.58. The van der Waals surface area contributed by atoms with Crippen LogP contribution >= 0.6 is 0 Å². The Labute approximate surface area is 85.1 Å². The van der Waals surface area contributed by atoms with E-state index in [-0.39, 0.29) is 5.82 Å². The maximum absolute atomic E-state index is 13.3. The molecule has 2 atom stereocenters. The van der Waals surface area contributed by atoms with Crippen LogP contribution in [0.25, 0.3) is 0 Å². The van der Waals surface area contributed by atoms with Crippen LogP contribution in [0.2, 0.25) is 0 Å². The van der Waals surface area contributed by atoms with E-state index in [9.17, 15) is 4.39 Å². The van der Waals surface area contributed by atoms with Gasteiger partial charge in [0.25, 0.3) is 0 Å². The third-order valence-corrected chi connectivity index (χ3v) is 2.95. The molecule has 0 heterocycles. The fourth-order valence-electron chi connectivity index (χ4n) is 1.42. The molecule has 0 saturated carbocycles. The van der Waals surface area contributed by atoms with Crippen LogP contribution in [-0.4, -0.2) is 6.54 Å². The lowest BCUT2D eigenvalue weighted by Crippen LogP contribution is -2.17.